The lowest BCUT2D eigenvalue weighted by molar-refractivity contribution is -0.313. The second-order valence-corrected chi connectivity index (χ2v) is 8.97. The molecule has 1 aliphatic carbocycles. The van der Waals surface area contributed by atoms with Crippen LogP contribution in [-0.4, -0.2) is 24.5 Å². The average molecular weight is 441 g/mol. The Kier molecular flexibility index (Phi) is 6.95. The first-order valence-corrected chi connectivity index (χ1v) is 11.1. The van der Waals surface area contributed by atoms with Crippen LogP contribution in [-0.2, 0) is 14.3 Å². The summed E-state index contributed by atoms with van der Waals surface area (Å²) in [4.78, 5) is 38.3. The van der Waals surface area contributed by atoms with Crippen molar-refractivity contribution in [3.05, 3.63) is 51.9 Å². The number of allylic oxidation sites excluding steroid dienone is 2. The number of anilines is 1. The van der Waals surface area contributed by atoms with Crippen molar-refractivity contribution in [3.63, 3.8) is 0 Å². The molecule has 0 radical (unpaired) electrons. The molecule has 1 aromatic heterocycles. The number of aryl methyl sites for hydroxylation is 3. The molecule has 0 saturated carbocycles. The van der Waals surface area contributed by atoms with Gasteiger partial charge in [0.15, 0.2) is 0 Å². The number of carbonyl (C=O) groups excluding carboxylic acids is 3. The number of hydrogen-bond donors (Lipinski definition) is 1. The number of thiophene rings is 1. The Morgan fingerprint density at radius 2 is 1.81 bits per heavy atom. The number of aliphatic carboxylic acids is 1. The number of carboxylic acid groups (broad SMARTS) is 1. The highest BCUT2D eigenvalue weighted by Gasteiger charge is 2.32. The quantitative estimate of drug-likeness (QED) is 0.545. The van der Waals surface area contributed by atoms with Crippen LogP contribution in [0.2, 0.25) is 0 Å². The molecule has 0 saturated heterocycles. The fourth-order valence-electron chi connectivity index (χ4n) is 3.93. The second-order valence-electron chi connectivity index (χ2n) is 7.74. The number of esters is 1. The Bertz CT molecular complexity index is 1050. The Labute approximate surface area is 185 Å². The molecule has 2 aromatic rings. The zero-order chi connectivity index (χ0) is 22.7. The number of hydrogen-bond acceptors (Lipinski definition) is 6. The second kappa shape index (κ2) is 9.47. The van der Waals surface area contributed by atoms with E-state index in [2.05, 4.69) is 5.32 Å². The number of carboxylic acids is 1. The summed E-state index contributed by atoms with van der Waals surface area (Å²) in [6, 6.07) is 6.01. The molecule has 2 atom stereocenters. The first kappa shape index (κ1) is 22.7. The fraction of sp³-hybridized carbons (Fsp3) is 0.375. The molecule has 1 N–H and O–H groups in total. The minimum atomic E-state index is -1.24. The van der Waals surface area contributed by atoms with Crippen molar-refractivity contribution in [2.75, 3.05) is 11.9 Å². The summed E-state index contributed by atoms with van der Waals surface area (Å²) in [5.74, 6) is -3.84. The lowest BCUT2D eigenvalue weighted by Crippen LogP contribution is -2.41. The van der Waals surface area contributed by atoms with E-state index in [4.69, 9.17) is 4.74 Å². The molecule has 1 aliphatic rings. The van der Waals surface area contributed by atoms with Crippen LogP contribution < -0.4 is 10.4 Å². The van der Waals surface area contributed by atoms with Gasteiger partial charge in [-0.15, -0.1) is 11.3 Å². The minimum absolute atomic E-state index is 0.202. The van der Waals surface area contributed by atoms with Crippen molar-refractivity contribution >= 4 is 34.2 Å². The summed E-state index contributed by atoms with van der Waals surface area (Å²) in [7, 11) is 0. The normalized spacial score (nSPS) is 17.9. The maximum absolute atomic E-state index is 13.0. The van der Waals surface area contributed by atoms with E-state index in [0.717, 1.165) is 27.1 Å². The molecule has 164 valence electrons. The van der Waals surface area contributed by atoms with Crippen LogP contribution in [0.1, 0.15) is 46.1 Å². The van der Waals surface area contributed by atoms with Crippen molar-refractivity contribution in [2.45, 2.75) is 40.5 Å². The molecular weight excluding hydrogens is 414 g/mol. The molecule has 0 fully saturated rings. The first-order valence-electron chi connectivity index (χ1n) is 10.3. The molecule has 31 heavy (non-hydrogen) atoms. The maximum atomic E-state index is 13.0. The number of amides is 1. The smallest absolute Gasteiger partial charge is 0.341 e. The van der Waals surface area contributed by atoms with E-state index < -0.39 is 29.7 Å². The Morgan fingerprint density at radius 1 is 1.13 bits per heavy atom. The highest BCUT2D eigenvalue weighted by molar-refractivity contribution is 7.17. The van der Waals surface area contributed by atoms with Gasteiger partial charge in [0.1, 0.15) is 10.6 Å². The van der Waals surface area contributed by atoms with Crippen molar-refractivity contribution < 1.29 is 24.2 Å². The van der Waals surface area contributed by atoms with Gasteiger partial charge in [0.25, 0.3) is 0 Å². The van der Waals surface area contributed by atoms with Crippen molar-refractivity contribution in [1.29, 1.82) is 0 Å². The van der Waals surface area contributed by atoms with Crippen molar-refractivity contribution in [1.82, 2.24) is 0 Å². The zero-order valence-electron chi connectivity index (χ0n) is 18.1. The van der Waals surface area contributed by atoms with Gasteiger partial charge in [0.2, 0.25) is 5.91 Å². The van der Waals surface area contributed by atoms with Crippen LogP contribution in [0.3, 0.4) is 0 Å². The molecule has 0 aliphatic heterocycles. The van der Waals surface area contributed by atoms with Crippen molar-refractivity contribution in [3.8, 4) is 11.1 Å². The largest absolute Gasteiger partial charge is 0.550 e. The number of carbonyl (C=O) groups is 3. The standard InChI is InChI=1S/C24H27NO5S/c1-5-30-24(29)20-19(18-12-13(2)10-11-14(18)3)15(4)31-22(20)25-21(26)16-8-6-7-9-17(16)23(27)28/h6-7,10-12,16-17H,5,8-9H2,1-4H3,(H,25,26)(H,27,28)/p-1/t16-,17-/m1/s1. The van der Waals surface area contributed by atoms with Gasteiger partial charge in [0, 0.05) is 22.3 Å². The summed E-state index contributed by atoms with van der Waals surface area (Å²) < 4.78 is 5.30. The summed E-state index contributed by atoms with van der Waals surface area (Å²) >= 11 is 1.29. The number of rotatable bonds is 6. The van der Waals surface area contributed by atoms with Gasteiger partial charge in [-0.05, 0) is 51.7 Å². The summed E-state index contributed by atoms with van der Waals surface area (Å²) in [6.07, 6.45) is 4.12. The van der Waals surface area contributed by atoms with E-state index in [1.54, 1.807) is 19.1 Å². The van der Waals surface area contributed by atoms with Gasteiger partial charge in [-0.25, -0.2) is 4.79 Å². The summed E-state index contributed by atoms with van der Waals surface area (Å²) in [6.45, 7) is 7.78. The first-order chi connectivity index (χ1) is 14.7. The summed E-state index contributed by atoms with van der Waals surface area (Å²) in [5.41, 5.74) is 4.01. The number of nitrogens with one attached hydrogen (secondary N) is 1. The van der Waals surface area contributed by atoms with E-state index in [1.807, 2.05) is 39.0 Å². The molecule has 0 bridgehead atoms. The van der Waals surface area contributed by atoms with Gasteiger partial charge in [-0.1, -0.05) is 35.9 Å². The van der Waals surface area contributed by atoms with E-state index in [1.165, 1.54) is 11.3 Å². The van der Waals surface area contributed by atoms with Gasteiger partial charge < -0.3 is 20.0 Å². The highest BCUT2D eigenvalue weighted by atomic mass is 32.1. The third kappa shape index (κ3) is 4.71. The summed E-state index contributed by atoms with van der Waals surface area (Å²) in [5, 5.41) is 14.7. The van der Waals surface area contributed by atoms with Crippen LogP contribution in [0.15, 0.2) is 30.4 Å². The molecule has 0 unspecified atom stereocenters. The molecule has 1 aromatic carbocycles. The lowest BCUT2D eigenvalue weighted by atomic mass is 9.82. The van der Waals surface area contributed by atoms with E-state index in [9.17, 15) is 19.5 Å². The van der Waals surface area contributed by atoms with Gasteiger partial charge in [0.05, 0.1) is 12.5 Å². The highest BCUT2D eigenvalue weighted by Crippen LogP contribution is 2.42. The van der Waals surface area contributed by atoms with Gasteiger partial charge >= 0.3 is 5.97 Å². The zero-order valence-corrected chi connectivity index (χ0v) is 18.9. The average Bonchev–Trinajstić information content (AvgIpc) is 3.05. The SMILES string of the molecule is CCOC(=O)c1c(NC(=O)[C@@H]2CC=CC[C@H]2C(=O)[O-])sc(C)c1-c1cc(C)ccc1C. The van der Waals surface area contributed by atoms with Crippen molar-refractivity contribution in [2.24, 2.45) is 11.8 Å². The Morgan fingerprint density at radius 3 is 2.45 bits per heavy atom. The number of benzene rings is 1. The van der Waals surface area contributed by atoms with Crippen LogP contribution in [0, 0.1) is 32.6 Å². The Hall–Kier alpha value is -2.93. The van der Waals surface area contributed by atoms with Crippen LogP contribution in [0.25, 0.3) is 11.1 Å². The molecule has 0 spiro atoms. The Balaban J connectivity index is 2.05. The molecule has 1 heterocycles. The lowest BCUT2D eigenvalue weighted by Gasteiger charge is -2.28. The van der Waals surface area contributed by atoms with Crippen LogP contribution >= 0.6 is 11.3 Å². The fourth-order valence-corrected chi connectivity index (χ4v) is 4.99. The molecule has 7 heteroatoms. The predicted octanol–water partition coefficient (Wildman–Crippen LogP) is 3.79. The molecule has 6 nitrogen and oxygen atoms in total. The minimum Gasteiger partial charge on any atom is -0.550 e. The predicted molar refractivity (Wildman–Crippen MR) is 119 cm³/mol. The van der Waals surface area contributed by atoms with E-state index >= 15 is 0 Å². The van der Waals surface area contributed by atoms with E-state index in [0.29, 0.717) is 17.0 Å². The maximum Gasteiger partial charge on any atom is 0.341 e. The molecule has 3 rings (SSSR count). The number of ether oxygens (including phenoxy) is 1. The van der Waals surface area contributed by atoms with Crippen LogP contribution in [0.4, 0.5) is 5.00 Å². The monoisotopic (exact) mass is 440 g/mol. The van der Waals surface area contributed by atoms with Gasteiger partial charge in [-0.2, -0.15) is 0 Å². The van der Waals surface area contributed by atoms with Gasteiger partial charge in [-0.3, -0.25) is 4.79 Å². The third-order valence-electron chi connectivity index (χ3n) is 5.53. The van der Waals surface area contributed by atoms with E-state index in [-0.39, 0.29) is 13.0 Å². The molecule has 1 amide bonds. The molecular formula is C24H26NO5S-. The topological polar surface area (TPSA) is 95.5 Å². The third-order valence-corrected chi connectivity index (χ3v) is 6.56. The van der Waals surface area contributed by atoms with Crippen LogP contribution in [0.5, 0.6) is 0 Å².